The van der Waals surface area contributed by atoms with Gasteiger partial charge in [0.25, 0.3) is 0 Å². The van der Waals surface area contributed by atoms with Crippen molar-refractivity contribution >= 4 is 29.2 Å². The quantitative estimate of drug-likeness (QED) is 0.494. The summed E-state index contributed by atoms with van der Waals surface area (Å²) in [5, 5.41) is -0.246. The predicted octanol–water partition coefficient (Wildman–Crippen LogP) is 1.82. The van der Waals surface area contributed by atoms with Crippen LogP contribution in [0, 0.1) is 0 Å². The number of hydrogen-bond acceptors (Lipinski definition) is 2. The molecule has 1 heterocycles. The summed E-state index contributed by atoms with van der Waals surface area (Å²) in [6.07, 6.45) is -4.81. The van der Waals surface area contributed by atoms with Crippen LogP contribution in [0.3, 0.4) is 0 Å². The number of alkyl halides is 3. The van der Waals surface area contributed by atoms with Gasteiger partial charge in [-0.2, -0.15) is 4.99 Å². The van der Waals surface area contributed by atoms with E-state index in [2.05, 4.69) is 14.7 Å². The number of nitrogens with zero attached hydrogens (tertiary/aromatic N) is 3. The minimum Gasteiger partial charge on any atom is -0.404 e. The average Bonchev–Trinajstić information content (AvgIpc) is 3.15. The number of guanidine groups is 2. The second-order valence-corrected chi connectivity index (χ2v) is 4.50. The molecule has 0 aromatic heterocycles. The number of benzene rings is 1. The molecule has 0 unspecified atom stereocenters. The number of hydrogen-bond donors (Lipinski definition) is 2. The fourth-order valence-electron chi connectivity index (χ4n) is 1.39. The highest BCUT2D eigenvalue weighted by Crippen LogP contribution is 2.32. The van der Waals surface area contributed by atoms with E-state index in [-0.39, 0.29) is 22.6 Å². The van der Waals surface area contributed by atoms with Gasteiger partial charge in [0.1, 0.15) is 5.75 Å². The van der Waals surface area contributed by atoms with Crippen molar-refractivity contribution in [2.24, 2.45) is 21.5 Å². The molecule has 21 heavy (non-hydrogen) atoms. The first-order valence-corrected chi connectivity index (χ1v) is 6.11. The van der Waals surface area contributed by atoms with E-state index in [1.807, 2.05) is 0 Å². The zero-order valence-electron chi connectivity index (χ0n) is 10.6. The van der Waals surface area contributed by atoms with Crippen LogP contribution >= 0.6 is 11.6 Å². The van der Waals surface area contributed by atoms with Crippen LogP contribution in [0.25, 0.3) is 0 Å². The van der Waals surface area contributed by atoms with Crippen molar-refractivity contribution in [2.75, 3.05) is 13.1 Å². The van der Waals surface area contributed by atoms with Gasteiger partial charge in [-0.25, -0.2) is 4.99 Å². The Bertz CT molecular complexity index is 598. The largest absolute Gasteiger partial charge is 0.573 e. The maximum absolute atomic E-state index is 12.1. The molecule has 0 spiro atoms. The molecule has 1 aliphatic heterocycles. The monoisotopic (exact) mass is 321 g/mol. The SMILES string of the molecule is NC(=Nc1ccc(OC(F)(F)F)c(Cl)c1)/N=C(\N)N1CC1. The standard InChI is InChI=1S/C11H11ClF3N5O/c12-7-5-6(1-2-8(7)21-11(13,14)15)18-9(16)19-10(17)20-3-4-20/h1-2,5H,3-4H2,(H4,16,17,18,19). The van der Waals surface area contributed by atoms with Crippen LogP contribution in [0.5, 0.6) is 5.75 Å². The van der Waals surface area contributed by atoms with Crippen LogP contribution in [0.2, 0.25) is 5.02 Å². The van der Waals surface area contributed by atoms with E-state index < -0.39 is 12.1 Å². The Hall–Kier alpha value is -2.16. The Balaban J connectivity index is 2.14. The third kappa shape index (κ3) is 4.71. The van der Waals surface area contributed by atoms with Crippen molar-refractivity contribution in [3.05, 3.63) is 23.2 Å². The number of rotatable bonds is 2. The smallest absolute Gasteiger partial charge is 0.404 e. The van der Waals surface area contributed by atoms with Gasteiger partial charge in [-0.15, -0.1) is 13.2 Å². The molecular weight excluding hydrogens is 311 g/mol. The van der Waals surface area contributed by atoms with Crippen LogP contribution < -0.4 is 16.2 Å². The van der Waals surface area contributed by atoms with Gasteiger partial charge in [-0.3, -0.25) is 0 Å². The molecule has 0 bridgehead atoms. The molecule has 1 aliphatic rings. The van der Waals surface area contributed by atoms with Gasteiger partial charge in [0.05, 0.1) is 10.7 Å². The van der Waals surface area contributed by atoms with Crippen molar-refractivity contribution < 1.29 is 17.9 Å². The molecule has 1 fully saturated rings. The van der Waals surface area contributed by atoms with Crippen LogP contribution in [-0.4, -0.2) is 36.3 Å². The molecule has 6 nitrogen and oxygen atoms in total. The summed E-state index contributed by atoms with van der Waals surface area (Å²) in [5.41, 5.74) is 11.4. The normalized spacial score (nSPS) is 16.1. The molecule has 0 aliphatic carbocycles. The van der Waals surface area contributed by atoms with Gasteiger partial charge >= 0.3 is 6.36 Å². The zero-order chi connectivity index (χ0) is 15.6. The minimum absolute atomic E-state index is 0.125. The van der Waals surface area contributed by atoms with Gasteiger partial charge in [0, 0.05) is 13.1 Å². The lowest BCUT2D eigenvalue weighted by molar-refractivity contribution is -0.274. The van der Waals surface area contributed by atoms with Crippen molar-refractivity contribution in [2.45, 2.75) is 6.36 Å². The van der Waals surface area contributed by atoms with E-state index in [9.17, 15) is 13.2 Å². The van der Waals surface area contributed by atoms with Gasteiger partial charge in [-0.05, 0) is 18.2 Å². The molecule has 0 radical (unpaired) electrons. The maximum atomic E-state index is 12.1. The Kier molecular flexibility index (Phi) is 4.12. The highest BCUT2D eigenvalue weighted by molar-refractivity contribution is 6.32. The Morgan fingerprint density at radius 2 is 1.95 bits per heavy atom. The first-order chi connectivity index (χ1) is 9.74. The summed E-state index contributed by atoms with van der Waals surface area (Å²) in [6, 6.07) is 3.49. The zero-order valence-corrected chi connectivity index (χ0v) is 11.3. The van der Waals surface area contributed by atoms with Gasteiger partial charge < -0.3 is 21.1 Å². The van der Waals surface area contributed by atoms with Crippen LogP contribution in [0.1, 0.15) is 0 Å². The number of halogens is 4. The highest BCUT2D eigenvalue weighted by Gasteiger charge is 2.32. The third-order valence-corrected chi connectivity index (χ3v) is 2.68. The van der Waals surface area contributed by atoms with Crippen LogP contribution in [0.4, 0.5) is 18.9 Å². The number of ether oxygens (including phenoxy) is 1. The lowest BCUT2D eigenvalue weighted by Gasteiger charge is -2.10. The molecule has 10 heteroatoms. The fraction of sp³-hybridized carbons (Fsp3) is 0.273. The van der Waals surface area contributed by atoms with E-state index >= 15 is 0 Å². The molecule has 4 N–H and O–H groups in total. The second kappa shape index (κ2) is 5.68. The van der Waals surface area contributed by atoms with Gasteiger partial charge in [0.2, 0.25) is 5.96 Å². The molecule has 1 aromatic carbocycles. The molecule has 1 aromatic rings. The molecule has 2 rings (SSSR count). The molecule has 0 amide bonds. The van der Waals surface area contributed by atoms with Crippen molar-refractivity contribution in [1.29, 1.82) is 0 Å². The first kappa shape index (κ1) is 15.2. The third-order valence-electron chi connectivity index (χ3n) is 2.39. The van der Waals surface area contributed by atoms with E-state index in [0.717, 1.165) is 19.2 Å². The lowest BCUT2D eigenvalue weighted by atomic mass is 10.3. The van der Waals surface area contributed by atoms with Crippen molar-refractivity contribution in [3.8, 4) is 5.75 Å². The van der Waals surface area contributed by atoms with Crippen molar-refractivity contribution in [1.82, 2.24) is 4.90 Å². The molecule has 1 saturated heterocycles. The summed E-state index contributed by atoms with van der Waals surface area (Å²) in [4.78, 5) is 9.49. The Labute approximate surface area is 122 Å². The second-order valence-electron chi connectivity index (χ2n) is 4.09. The highest BCUT2D eigenvalue weighted by atomic mass is 35.5. The molecule has 0 saturated carbocycles. The summed E-state index contributed by atoms with van der Waals surface area (Å²) < 4.78 is 40.0. The van der Waals surface area contributed by atoms with E-state index in [0.29, 0.717) is 0 Å². The number of aliphatic imine (C=N–C) groups is 2. The van der Waals surface area contributed by atoms with Gasteiger partial charge in [0.15, 0.2) is 5.96 Å². The molecule has 0 atom stereocenters. The van der Waals surface area contributed by atoms with Gasteiger partial charge in [-0.1, -0.05) is 11.6 Å². The van der Waals surface area contributed by atoms with Crippen molar-refractivity contribution in [3.63, 3.8) is 0 Å². The topological polar surface area (TPSA) is 89.0 Å². The average molecular weight is 322 g/mol. The summed E-state index contributed by atoms with van der Waals surface area (Å²) in [7, 11) is 0. The molecular formula is C11H11ClF3N5O. The lowest BCUT2D eigenvalue weighted by Crippen LogP contribution is -2.25. The molecule has 114 valence electrons. The Morgan fingerprint density at radius 1 is 1.29 bits per heavy atom. The van der Waals surface area contributed by atoms with Crippen LogP contribution in [0.15, 0.2) is 28.2 Å². The maximum Gasteiger partial charge on any atom is 0.573 e. The summed E-state index contributed by atoms with van der Waals surface area (Å²) in [5.74, 6) is -0.409. The fourth-order valence-corrected chi connectivity index (χ4v) is 1.60. The summed E-state index contributed by atoms with van der Waals surface area (Å²) >= 11 is 5.68. The van der Waals surface area contributed by atoms with E-state index in [1.165, 1.54) is 12.1 Å². The summed E-state index contributed by atoms with van der Waals surface area (Å²) in [6.45, 7) is 1.61. The van der Waals surface area contributed by atoms with E-state index in [1.54, 1.807) is 4.90 Å². The van der Waals surface area contributed by atoms with Crippen LogP contribution in [-0.2, 0) is 0 Å². The predicted molar refractivity (Wildman–Crippen MR) is 72.6 cm³/mol. The number of nitrogens with two attached hydrogens (primary N) is 2. The van der Waals surface area contributed by atoms with E-state index in [4.69, 9.17) is 23.1 Å². The first-order valence-electron chi connectivity index (χ1n) is 5.73. The Morgan fingerprint density at radius 3 is 2.48 bits per heavy atom. The minimum atomic E-state index is -4.81.